The maximum absolute atomic E-state index is 12.2. The van der Waals surface area contributed by atoms with Crippen molar-refractivity contribution in [3.8, 4) is 0 Å². The number of epoxide rings is 1. The average Bonchev–Trinajstić information content (AvgIpc) is 3.21. The Labute approximate surface area is 135 Å². The third kappa shape index (κ3) is 5.74. The third-order valence-electron chi connectivity index (χ3n) is 4.11. The molecule has 1 saturated carbocycles. The second kappa shape index (κ2) is 7.14. The number of ether oxygens (including phenoxy) is 3. The van der Waals surface area contributed by atoms with Crippen molar-refractivity contribution >= 4 is 22.1 Å². The van der Waals surface area contributed by atoms with Crippen molar-refractivity contribution in [2.75, 3.05) is 25.6 Å². The van der Waals surface area contributed by atoms with Crippen molar-refractivity contribution in [3.05, 3.63) is 0 Å². The first-order chi connectivity index (χ1) is 10.7. The van der Waals surface area contributed by atoms with Gasteiger partial charge >= 0.3 is 11.9 Å². The molecule has 3 atom stereocenters. The summed E-state index contributed by atoms with van der Waals surface area (Å²) in [6, 6.07) is 0. The standard InChI is InChI=1S/C14H22O8S/c1-14(9-22-14)8-21-13(16)11-5-3-2-4-10(11)12(15)20-6-7-23(17,18)19/h10-11H,2-9H2,1H3,(H,17,18,19). The Morgan fingerprint density at radius 3 is 2.17 bits per heavy atom. The molecule has 8 nitrogen and oxygen atoms in total. The van der Waals surface area contributed by atoms with E-state index >= 15 is 0 Å². The van der Waals surface area contributed by atoms with Gasteiger partial charge in [0.2, 0.25) is 0 Å². The summed E-state index contributed by atoms with van der Waals surface area (Å²) >= 11 is 0. The van der Waals surface area contributed by atoms with Crippen LogP contribution in [0.5, 0.6) is 0 Å². The lowest BCUT2D eigenvalue weighted by molar-refractivity contribution is -0.163. The first kappa shape index (κ1) is 18.2. The number of hydrogen-bond donors (Lipinski definition) is 1. The first-order valence-corrected chi connectivity index (χ1v) is 9.23. The molecular formula is C14H22O8S. The van der Waals surface area contributed by atoms with Gasteiger partial charge in [-0.05, 0) is 19.8 Å². The third-order valence-corrected chi connectivity index (χ3v) is 4.80. The summed E-state index contributed by atoms with van der Waals surface area (Å²) in [6.45, 7) is 2.11. The zero-order chi connectivity index (χ0) is 17.1. The van der Waals surface area contributed by atoms with E-state index in [1.807, 2.05) is 6.92 Å². The highest BCUT2D eigenvalue weighted by molar-refractivity contribution is 7.85. The zero-order valence-corrected chi connectivity index (χ0v) is 13.8. The normalized spacial score (nSPS) is 30.5. The van der Waals surface area contributed by atoms with Crippen LogP contribution in [0.1, 0.15) is 32.6 Å². The van der Waals surface area contributed by atoms with Gasteiger partial charge in [-0.2, -0.15) is 8.42 Å². The molecule has 0 radical (unpaired) electrons. The molecule has 9 heteroatoms. The fraction of sp³-hybridized carbons (Fsp3) is 0.857. The van der Waals surface area contributed by atoms with Crippen molar-refractivity contribution in [2.45, 2.75) is 38.2 Å². The van der Waals surface area contributed by atoms with Crippen LogP contribution in [0.4, 0.5) is 0 Å². The number of rotatable bonds is 7. The van der Waals surface area contributed by atoms with E-state index in [1.165, 1.54) is 0 Å². The molecule has 2 fully saturated rings. The van der Waals surface area contributed by atoms with E-state index in [2.05, 4.69) is 0 Å². The molecule has 0 aromatic heterocycles. The number of carbonyl (C=O) groups is 2. The summed E-state index contributed by atoms with van der Waals surface area (Å²) < 4.78 is 45.1. The minimum atomic E-state index is -4.18. The highest BCUT2D eigenvalue weighted by Crippen LogP contribution is 2.33. The first-order valence-electron chi connectivity index (χ1n) is 7.63. The molecule has 1 aliphatic heterocycles. The highest BCUT2D eigenvalue weighted by atomic mass is 32.2. The largest absolute Gasteiger partial charge is 0.464 e. The van der Waals surface area contributed by atoms with Crippen LogP contribution in [0, 0.1) is 11.8 Å². The van der Waals surface area contributed by atoms with Crippen LogP contribution in [0.3, 0.4) is 0 Å². The smallest absolute Gasteiger partial charge is 0.309 e. The maximum Gasteiger partial charge on any atom is 0.309 e. The van der Waals surface area contributed by atoms with Gasteiger partial charge in [0, 0.05) is 0 Å². The summed E-state index contributed by atoms with van der Waals surface area (Å²) in [4.78, 5) is 24.3. The van der Waals surface area contributed by atoms with E-state index in [-0.39, 0.29) is 6.61 Å². The molecule has 0 aromatic rings. The molecular weight excluding hydrogens is 328 g/mol. The lowest BCUT2D eigenvalue weighted by Gasteiger charge is -2.28. The van der Waals surface area contributed by atoms with Crippen LogP contribution in [-0.2, 0) is 33.9 Å². The lowest BCUT2D eigenvalue weighted by atomic mass is 9.79. The van der Waals surface area contributed by atoms with Crippen LogP contribution in [-0.4, -0.2) is 56.1 Å². The van der Waals surface area contributed by atoms with Crippen molar-refractivity contribution in [1.82, 2.24) is 0 Å². The molecule has 0 amide bonds. The Morgan fingerprint density at radius 1 is 1.17 bits per heavy atom. The van der Waals surface area contributed by atoms with E-state index in [9.17, 15) is 18.0 Å². The van der Waals surface area contributed by atoms with Gasteiger partial charge in [-0.3, -0.25) is 14.1 Å². The van der Waals surface area contributed by atoms with Crippen LogP contribution in [0.15, 0.2) is 0 Å². The van der Waals surface area contributed by atoms with Gasteiger partial charge in [-0.15, -0.1) is 0 Å². The van der Waals surface area contributed by atoms with Crippen molar-refractivity contribution in [2.24, 2.45) is 11.8 Å². The molecule has 3 unspecified atom stereocenters. The fourth-order valence-electron chi connectivity index (χ4n) is 2.59. The second-order valence-corrected chi connectivity index (χ2v) is 7.87. The summed E-state index contributed by atoms with van der Waals surface area (Å²) in [5.74, 6) is -2.94. The molecule has 0 aromatic carbocycles. The molecule has 1 N–H and O–H groups in total. The van der Waals surface area contributed by atoms with Gasteiger partial charge < -0.3 is 14.2 Å². The Hall–Kier alpha value is -1.19. The Kier molecular flexibility index (Phi) is 5.64. The summed E-state index contributed by atoms with van der Waals surface area (Å²) in [6.07, 6.45) is 2.65. The minimum Gasteiger partial charge on any atom is -0.464 e. The van der Waals surface area contributed by atoms with Crippen LogP contribution in [0.25, 0.3) is 0 Å². The van der Waals surface area contributed by atoms with Crippen LogP contribution in [0.2, 0.25) is 0 Å². The van der Waals surface area contributed by atoms with E-state index in [0.717, 1.165) is 12.8 Å². The van der Waals surface area contributed by atoms with E-state index in [4.69, 9.17) is 18.8 Å². The highest BCUT2D eigenvalue weighted by Gasteiger charge is 2.43. The zero-order valence-electron chi connectivity index (χ0n) is 13.0. The molecule has 1 heterocycles. The fourth-order valence-corrected chi connectivity index (χ4v) is 2.88. The van der Waals surface area contributed by atoms with Gasteiger partial charge in [-0.1, -0.05) is 12.8 Å². The van der Waals surface area contributed by atoms with Crippen molar-refractivity contribution in [3.63, 3.8) is 0 Å². The van der Waals surface area contributed by atoms with Crippen LogP contribution >= 0.6 is 0 Å². The van der Waals surface area contributed by atoms with Crippen LogP contribution < -0.4 is 0 Å². The Morgan fingerprint density at radius 2 is 1.70 bits per heavy atom. The molecule has 23 heavy (non-hydrogen) atoms. The predicted molar refractivity (Wildman–Crippen MR) is 78.1 cm³/mol. The summed E-state index contributed by atoms with van der Waals surface area (Å²) in [7, 11) is -4.18. The molecule has 1 saturated heterocycles. The minimum absolute atomic E-state index is 0.160. The van der Waals surface area contributed by atoms with E-state index in [0.29, 0.717) is 19.4 Å². The Balaban J connectivity index is 1.86. The molecule has 1 aliphatic carbocycles. The number of hydrogen-bond acceptors (Lipinski definition) is 7. The maximum atomic E-state index is 12.2. The molecule has 2 rings (SSSR count). The average molecular weight is 350 g/mol. The second-order valence-electron chi connectivity index (χ2n) is 6.30. The van der Waals surface area contributed by atoms with E-state index < -0.39 is 51.9 Å². The number of carbonyl (C=O) groups excluding carboxylic acids is 2. The van der Waals surface area contributed by atoms with Gasteiger partial charge in [0.15, 0.2) is 0 Å². The van der Waals surface area contributed by atoms with Crippen molar-refractivity contribution in [1.29, 1.82) is 0 Å². The van der Waals surface area contributed by atoms with Gasteiger partial charge in [0.25, 0.3) is 10.1 Å². The quantitative estimate of drug-likeness (QED) is 0.402. The molecule has 132 valence electrons. The van der Waals surface area contributed by atoms with E-state index in [1.54, 1.807) is 0 Å². The lowest BCUT2D eigenvalue weighted by Crippen LogP contribution is -2.36. The summed E-state index contributed by atoms with van der Waals surface area (Å²) in [5, 5.41) is 0. The molecule has 0 bridgehead atoms. The van der Waals surface area contributed by atoms with Gasteiger partial charge in [-0.25, -0.2) is 0 Å². The monoisotopic (exact) mass is 350 g/mol. The SMILES string of the molecule is CC1(COC(=O)C2CCCCC2C(=O)OCCS(=O)(=O)O)CO1. The Bertz CT molecular complexity index is 551. The van der Waals surface area contributed by atoms with Crippen molar-refractivity contribution < 1.29 is 36.8 Å². The topological polar surface area (TPSA) is 120 Å². The number of esters is 2. The molecule has 0 spiro atoms. The predicted octanol–water partition coefficient (Wildman–Crippen LogP) is 0.556. The van der Waals surface area contributed by atoms with Gasteiger partial charge in [0.05, 0.1) is 18.4 Å². The van der Waals surface area contributed by atoms with Gasteiger partial charge in [0.1, 0.15) is 24.6 Å². The summed E-state index contributed by atoms with van der Waals surface area (Å²) in [5.41, 5.74) is -0.407. The molecule has 2 aliphatic rings.